The van der Waals surface area contributed by atoms with Crippen molar-refractivity contribution in [3.8, 4) is 0 Å². The number of benzene rings is 1. The zero-order valence-corrected chi connectivity index (χ0v) is 24.6. The number of esters is 1. The molecule has 5 rings (SSSR count). The number of aliphatic hydroxyl groups is 1. The predicted molar refractivity (Wildman–Crippen MR) is 154 cm³/mol. The molecule has 1 aromatic carbocycles. The van der Waals surface area contributed by atoms with Crippen molar-refractivity contribution in [2.75, 3.05) is 13.2 Å². The van der Waals surface area contributed by atoms with Crippen molar-refractivity contribution in [2.24, 2.45) is 11.8 Å². The van der Waals surface area contributed by atoms with Crippen molar-refractivity contribution in [3.63, 3.8) is 0 Å². The first-order chi connectivity index (χ1) is 20.1. The number of allylic oxidation sites excluding steroid dienone is 1. The monoisotopic (exact) mass is 579 g/mol. The molecule has 8 atom stereocenters. The standard InChI is InChI=1S/C32H41N3O7/c1-5-22(18-36)35-28-30(39)34(19(2)3)17-11-7-10-14-24(37)33-20(4)27(21-12-8-6-9-13-21)41-31(40)25-23-15-16-32(28,42-23)26(25)29(35)38/h6-9,11-13,15-16,19-20,22-23,25-28,36H,5,10,14,17-18H2,1-4H3,(H,33,37)/b11-7-/t20-,22+,23+,25-,26-,27+,28+,32-/m1/s1. The van der Waals surface area contributed by atoms with Crippen LogP contribution in [-0.4, -0.2) is 87.6 Å². The van der Waals surface area contributed by atoms with Gasteiger partial charge in [-0.05, 0) is 39.2 Å². The lowest BCUT2D eigenvalue weighted by Crippen LogP contribution is -2.59. The largest absolute Gasteiger partial charge is 0.455 e. The van der Waals surface area contributed by atoms with Crippen LogP contribution in [-0.2, 0) is 28.7 Å². The Morgan fingerprint density at radius 1 is 1.10 bits per heavy atom. The number of rotatable bonds is 5. The van der Waals surface area contributed by atoms with Crippen molar-refractivity contribution in [2.45, 2.75) is 88.9 Å². The van der Waals surface area contributed by atoms with Gasteiger partial charge in [-0.2, -0.15) is 0 Å². The molecule has 10 nitrogen and oxygen atoms in total. The number of carbonyl (C=O) groups excluding carboxylic acids is 4. The van der Waals surface area contributed by atoms with Crippen molar-refractivity contribution < 1.29 is 33.8 Å². The Kier molecular flexibility index (Phi) is 8.57. The second-order valence-electron chi connectivity index (χ2n) is 11.9. The molecule has 4 heterocycles. The van der Waals surface area contributed by atoms with Crippen LogP contribution in [0.5, 0.6) is 0 Å². The summed E-state index contributed by atoms with van der Waals surface area (Å²) in [6, 6.07) is 6.75. The molecule has 4 aliphatic rings. The third kappa shape index (κ3) is 5.04. The van der Waals surface area contributed by atoms with E-state index in [0.29, 0.717) is 18.4 Å². The third-order valence-electron chi connectivity index (χ3n) is 9.02. The first kappa shape index (κ1) is 30.0. The molecule has 2 saturated heterocycles. The lowest BCUT2D eigenvalue weighted by molar-refractivity contribution is -0.162. The zero-order valence-electron chi connectivity index (χ0n) is 24.6. The lowest BCUT2D eigenvalue weighted by Gasteiger charge is -2.39. The Bertz CT molecular complexity index is 1260. The molecule has 5 bridgehead atoms. The highest BCUT2D eigenvalue weighted by Gasteiger charge is 2.74. The van der Waals surface area contributed by atoms with Gasteiger partial charge >= 0.3 is 5.97 Å². The molecular formula is C32H41N3O7. The van der Waals surface area contributed by atoms with Crippen LogP contribution in [0, 0.1) is 11.8 Å². The van der Waals surface area contributed by atoms with Gasteiger partial charge in [0.05, 0.1) is 30.7 Å². The number of nitrogens with zero attached hydrogens (tertiary/aromatic N) is 2. The molecule has 1 spiro atoms. The number of hydrogen-bond acceptors (Lipinski definition) is 7. The van der Waals surface area contributed by atoms with E-state index in [4.69, 9.17) is 9.47 Å². The van der Waals surface area contributed by atoms with E-state index in [1.165, 1.54) is 4.90 Å². The van der Waals surface area contributed by atoms with Gasteiger partial charge in [0.2, 0.25) is 17.7 Å². The normalized spacial score (nSPS) is 34.9. The second-order valence-corrected chi connectivity index (χ2v) is 11.9. The van der Waals surface area contributed by atoms with Crippen molar-refractivity contribution >= 4 is 23.7 Å². The molecule has 0 saturated carbocycles. The fourth-order valence-corrected chi connectivity index (χ4v) is 6.90. The molecule has 2 fully saturated rings. The van der Waals surface area contributed by atoms with Crippen LogP contribution >= 0.6 is 0 Å². The first-order valence-electron chi connectivity index (χ1n) is 14.9. The van der Waals surface area contributed by atoms with Crippen LogP contribution in [0.4, 0.5) is 0 Å². The smallest absolute Gasteiger partial charge is 0.313 e. The van der Waals surface area contributed by atoms with Gasteiger partial charge in [-0.1, -0.05) is 61.6 Å². The number of hydrogen-bond donors (Lipinski definition) is 2. The van der Waals surface area contributed by atoms with E-state index in [1.807, 2.05) is 63.3 Å². The summed E-state index contributed by atoms with van der Waals surface area (Å²) in [4.78, 5) is 58.6. The van der Waals surface area contributed by atoms with Crippen LogP contribution in [0.3, 0.4) is 0 Å². The highest BCUT2D eigenvalue weighted by molar-refractivity contribution is 5.99. The number of fused-ring (bicyclic) bond motifs is 2. The maximum atomic E-state index is 14.4. The maximum Gasteiger partial charge on any atom is 0.313 e. The zero-order chi connectivity index (χ0) is 30.2. The Morgan fingerprint density at radius 3 is 2.50 bits per heavy atom. The van der Waals surface area contributed by atoms with Gasteiger partial charge in [0.25, 0.3) is 0 Å². The molecule has 226 valence electrons. The quantitative estimate of drug-likeness (QED) is 0.405. The van der Waals surface area contributed by atoms with Gasteiger partial charge in [0.1, 0.15) is 23.7 Å². The van der Waals surface area contributed by atoms with Crippen LogP contribution in [0.1, 0.15) is 58.6 Å². The minimum atomic E-state index is -1.36. The van der Waals surface area contributed by atoms with E-state index in [-0.39, 0.29) is 37.4 Å². The molecule has 42 heavy (non-hydrogen) atoms. The van der Waals surface area contributed by atoms with Crippen LogP contribution in [0.2, 0.25) is 0 Å². The Morgan fingerprint density at radius 2 is 1.83 bits per heavy atom. The molecule has 2 N–H and O–H groups in total. The van der Waals surface area contributed by atoms with Crippen LogP contribution < -0.4 is 5.32 Å². The number of amides is 3. The van der Waals surface area contributed by atoms with Crippen molar-refractivity contribution in [1.82, 2.24) is 15.1 Å². The minimum absolute atomic E-state index is 0.185. The van der Waals surface area contributed by atoms with Crippen LogP contribution in [0.15, 0.2) is 54.6 Å². The summed E-state index contributed by atoms with van der Waals surface area (Å²) in [5.74, 6) is -3.51. The fraction of sp³-hybridized carbons (Fsp3) is 0.562. The van der Waals surface area contributed by atoms with E-state index in [2.05, 4.69) is 5.32 Å². The summed E-state index contributed by atoms with van der Waals surface area (Å²) in [6.07, 6.45) is 6.80. The number of carbonyl (C=O) groups is 4. The molecule has 0 aromatic heterocycles. The van der Waals surface area contributed by atoms with Gasteiger partial charge in [-0.3, -0.25) is 19.2 Å². The predicted octanol–water partition coefficient (Wildman–Crippen LogP) is 2.28. The van der Waals surface area contributed by atoms with Gasteiger partial charge in [-0.15, -0.1) is 0 Å². The summed E-state index contributed by atoms with van der Waals surface area (Å²) < 4.78 is 12.6. The summed E-state index contributed by atoms with van der Waals surface area (Å²) in [5, 5.41) is 13.2. The molecule has 4 aliphatic heterocycles. The van der Waals surface area contributed by atoms with E-state index in [0.717, 1.165) is 0 Å². The van der Waals surface area contributed by atoms with Gasteiger partial charge in [-0.25, -0.2) is 0 Å². The lowest BCUT2D eigenvalue weighted by atomic mass is 9.74. The van der Waals surface area contributed by atoms with E-state index >= 15 is 0 Å². The number of ether oxygens (including phenoxy) is 2. The SMILES string of the molecule is CC[C@@H](CO)N1C(=O)[C@H]2[C@@H]3C(=O)O[C@H](c4ccccc4)[C@@H](C)NC(=O)CC/C=C\CN(C(C)C)C(=O)[C@H]1[C@@]21C=C[C@@H]3O1. The molecule has 10 heteroatoms. The fourth-order valence-electron chi connectivity index (χ4n) is 6.90. The highest BCUT2D eigenvalue weighted by atomic mass is 16.6. The number of cyclic esters (lactones) is 1. The Labute approximate surface area is 246 Å². The maximum absolute atomic E-state index is 14.4. The summed E-state index contributed by atoms with van der Waals surface area (Å²) in [5.41, 5.74) is -0.657. The summed E-state index contributed by atoms with van der Waals surface area (Å²) in [7, 11) is 0. The molecule has 1 aromatic rings. The summed E-state index contributed by atoms with van der Waals surface area (Å²) >= 11 is 0. The molecular weight excluding hydrogens is 538 g/mol. The highest BCUT2D eigenvalue weighted by Crippen LogP contribution is 2.56. The van der Waals surface area contributed by atoms with Crippen LogP contribution in [0.25, 0.3) is 0 Å². The van der Waals surface area contributed by atoms with E-state index in [1.54, 1.807) is 24.0 Å². The summed E-state index contributed by atoms with van der Waals surface area (Å²) in [6.45, 7) is 7.38. The van der Waals surface area contributed by atoms with Gasteiger partial charge in [0.15, 0.2) is 0 Å². The van der Waals surface area contributed by atoms with Crippen molar-refractivity contribution in [3.05, 3.63) is 60.2 Å². The third-order valence-corrected chi connectivity index (χ3v) is 9.02. The molecule has 3 amide bonds. The number of nitrogens with one attached hydrogen (secondary N) is 1. The number of likely N-dealkylation sites (tertiary alicyclic amines) is 1. The van der Waals surface area contributed by atoms with E-state index < -0.39 is 59.6 Å². The van der Waals surface area contributed by atoms with Gasteiger partial charge in [0, 0.05) is 19.0 Å². The number of aliphatic hydroxyl groups excluding tert-OH is 1. The average molecular weight is 580 g/mol. The first-order valence-corrected chi connectivity index (χ1v) is 14.9. The molecule has 0 aliphatic carbocycles. The van der Waals surface area contributed by atoms with Crippen molar-refractivity contribution in [1.29, 1.82) is 0 Å². The molecule has 0 radical (unpaired) electrons. The molecule has 0 unspecified atom stereocenters. The van der Waals surface area contributed by atoms with Gasteiger partial charge < -0.3 is 29.7 Å². The minimum Gasteiger partial charge on any atom is -0.455 e. The Hall–Kier alpha value is -3.50. The average Bonchev–Trinajstić information content (AvgIpc) is 3.61. The topological polar surface area (TPSA) is 125 Å². The second kappa shape index (κ2) is 12.0. The van der Waals surface area contributed by atoms with E-state index in [9.17, 15) is 24.3 Å². The Balaban J connectivity index is 1.60.